The first-order valence-electron chi connectivity index (χ1n) is 4.77. The molecule has 72 valence electrons. The van der Waals surface area contributed by atoms with Crippen molar-refractivity contribution in [2.45, 2.75) is 24.2 Å². The third kappa shape index (κ3) is 2.11. The van der Waals surface area contributed by atoms with E-state index in [-0.39, 0.29) is 0 Å². The molecule has 0 aliphatic heterocycles. The average molecular weight is 293 g/mol. The fraction of sp³-hybridized carbons (Fsp3) is 0.364. The predicted molar refractivity (Wildman–Crippen MR) is 60.6 cm³/mol. The van der Waals surface area contributed by atoms with Crippen LogP contribution in [0.4, 0.5) is 0 Å². The number of rotatable bonds is 1. The summed E-state index contributed by atoms with van der Waals surface area (Å²) in [6, 6.07) is 8.44. The van der Waals surface area contributed by atoms with Gasteiger partial charge < -0.3 is 0 Å². The van der Waals surface area contributed by atoms with Crippen LogP contribution in [0.1, 0.15) is 20.8 Å². The van der Waals surface area contributed by atoms with Crippen molar-refractivity contribution in [3.05, 3.63) is 30.5 Å². The normalized spacial score (nSPS) is 12.2. The Kier molecular flexibility index (Phi) is 2.56. The Bertz CT molecular complexity index is 440. The van der Waals surface area contributed by atoms with Crippen molar-refractivity contribution in [1.29, 1.82) is 0 Å². The van der Waals surface area contributed by atoms with Crippen LogP contribution >= 0.6 is 0 Å². The van der Waals surface area contributed by atoms with Gasteiger partial charge in [0.05, 0.1) is 0 Å². The first-order chi connectivity index (χ1) is 6.56. The van der Waals surface area contributed by atoms with Gasteiger partial charge in [-0.15, -0.1) is 0 Å². The van der Waals surface area contributed by atoms with E-state index in [1.165, 1.54) is 10.9 Å². The summed E-state index contributed by atoms with van der Waals surface area (Å²) < 4.78 is 2.69. The molecule has 0 fully saturated rings. The number of fused-ring (bicyclic) bond motifs is 1. The van der Waals surface area contributed by atoms with Gasteiger partial charge in [-0.05, 0) is 0 Å². The Labute approximate surface area is 94.9 Å². The van der Waals surface area contributed by atoms with E-state index in [4.69, 9.17) is 0 Å². The average Bonchev–Trinajstić information content (AvgIpc) is 2.47. The van der Waals surface area contributed by atoms with Crippen molar-refractivity contribution in [1.82, 2.24) is 8.00 Å². The molecule has 0 aliphatic rings. The van der Waals surface area contributed by atoms with Gasteiger partial charge in [0.2, 0.25) is 0 Å². The summed E-state index contributed by atoms with van der Waals surface area (Å²) in [4.78, 5) is 0. The van der Waals surface area contributed by atoms with Crippen LogP contribution in [-0.4, -0.2) is 29.4 Å². The molecule has 2 aromatic rings. The van der Waals surface area contributed by atoms with Crippen molar-refractivity contribution in [2.24, 2.45) is 0 Å². The van der Waals surface area contributed by atoms with Crippen molar-refractivity contribution >= 4 is 32.3 Å². The number of nitrogens with zero attached hydrogens (tertiary/aromatic N) is 2. The Morgan fingerprint density at radius 2 is 1.93 bits per heavy atom. The molecule has 1 aromatic carbocycles. The quantitative estimate of drug-likeness (QED) is 0.739. The van der Waals surface area contributed by atoms with Gasteiger partial charge >= 0.3 is 95.0 Å². The zero-order valence-corrected chi connectivity index (χ0v) is 11.6. The molecule has 0 N–H and O–H groups in total. The van der Waals surface area contributed by atoms with Crippen molar-refractivity contribution in [3.8, 4) is 0 Å². The molecule has 1 heterocycles. The minimum absolute atomic E-state index is 0.443. The SMILES string of the molecule is C[C](C)(C)[Sn][n]1ncc2ccccc21. The van der Waals surface area contributed by atoms with Crippen LogP contribution in [0.25, 0.3) is 10.9 Å². The fourth-order valence-corrected chi connectivity index (χ4v) is 4.45. The van der Waals surface area contributed by atoms with Gasteiger partial charge in [-0.3, -0.25) is 0 Å². The molecule has 2 radical (unpaired) electrons. The van der Waals surface area contributed by atoms with E-state index in [1.54, 1.807) is 0 Å². The molecule has 3 heteroatoms. The molecule has 0 saturated carbocycles. The van der Waals surface area contributed by atoms with E-state index in [0.29, 0.717) is 3.43 Å². The molecule has 2 nitrogen and oxygen atoms in total. The first kappa shape index (κ1) is 10.0. The topological polar surface area (TPSA) is 17.8 Å². The predicted octanol–water partition coefficient (Wildman–Crippen LogP) is 2.72. The van der Waals surface area contributed by atoms with E-state index >= 15 is 0 Å². The summed E-state index contributed by atoms with van der Waals surface area (Å²) in [5, 5.41) is 5.73. The van der Waals surface area contributed by atoms with Crippen LogP contribution < -0.4 is 0 Å². The second-order valence-corrected chi connectivity index (χ2v) is 10.6. The van der Waals surface area contributed by atoms with Crippen LogP contribution in [0.15, 0.2) is 30.5 Å². The number of benzene rings is 1. The standard InChI is InChI=1S/C7H5N2.C4H9.Sn/c1-2-4-7-6(3-1)5-8-9-7;1-4(2)3;/h1-5H;1-3H3;/q-1;;+1. The molecular weight excluding hydrogens is 279 g/mol. The van der Waals surface area contributed by atoms with E-state index in [9.17, 15) is 0 Å². The maximum atomic E-state index is 4.47. The van der Waals surface area contributed by atoms with Crippen LogP contribution in [0.5, 0.6) is 0 Å². The van der Waals surface area contributed by atoms with E-state index < -0.39 is 21.4 Å². The van der Waals surface area contributed by atoms with E-state index in [1.807, 2.05) is 6.20 Å². The van der Waals surface area contributed by atoms with Crippen LogP contribution in [-0.2, 0) is 0 Å². The summed E-state index contributed by atoms with van der Waals surface area (Å²) in [5.41, 5.74) is 1.30. The molecule has 0 saturated heterocycles. The van der Waals surface area contributed by atoms with Crippen molar-refractivity contribution < 1.29 is 0 Å². The van der Waals surface area contributed by atoms with Gasteiger partial charge in [0.1, 0.15) is 0 Å². The van der Waals surface area contributed by atoms with Crippen molar-refractivity contribution in [3.63, 3.8) is 0 Å². The molecule has 0 aliphatic carbocycles. The molecule has 0 atom stereocenters. The van der Waals surface area contributed by atoms with Gasteiger partial charge in [0.15, 0.2) is 0 Å². The summed E-state index contributed by atoms with van der Waals surface area (Å²) in [7, 11) is 0. The number of hydrogen-bond donors (Lipinski definition) is 0. The maximum absolute atomic E-state index is 4.47. The molecule has 0 bridgehead atoms. The van der Waals surface area contributed by atoms with Gasteiger partial charge in [-0.1, -0.05) is 0 Å². The molecule has 0 unspecified atom stereocenters. The second kappa shape index (κ2) is 3.57. The minimum atomic E-state index is -0.640. The summed E-state index contributed by atoms with van der Waals surface area (Å²) in [6.07, 6.45) is 1.97. The van der Waals surface area contributed by atoms with Crippen LogP contribution in [0.3, 0.4) is 0 Å². The van der Waals surface area contributed by atoms with Crippen LogP contribution in [0, 0.1) is 0 Å². The van der Waals surface area contributed by atoms with Gasteiger partial charge in [-0.25, -0.2) is 0 Å². The van der Waals surface area contributed by atoms with E-state index in [2.05, 4.69) is 53.0 Å². The Hall–Kier alpha value is -0.511. The fourth-order valence-electron chi connectivity index (χ4n) is 1.38. The zero-order chi connectivity index (χ0) is 10.2. The summed E-state index contributed by atoms with van der Waals surface area (Å²) >= 11 is -0.640. The van der Waals surface area contributed by atoms with Crippen molar-refractivity contribution in [2.75, 3.05) is 0 Å². The van der Waals surface area contributed by atoms with E-state index in [0.717, 1.165) is 0 Å². The van der Waals surface area contributed by atoms with Gasteiger partial charge in [0.25, 0.3) is 0 Å². The Morgan fingerprint density at radius 3 is 2.64 bits per heavy atom. The monoisotopic (exact) mass is 294 g/mol. The summed E-state index contributed by atoms with van der Waals surface area (Å²) in [6.45, 7) is 6.90. The molecule has 2 rings (SSSR count). The van der Waals surface area contributed by atoms with Gasteiger partial charge in [0, 0.05) is 0 Å². The Balaban J connectivity index is 2.44. The molecule has 1 aromatic heterocycles. The second-order valence-electron chi connectivity index (χ2n) is 4.48. The molecule has 14 heavy (non-hydrogen) atoms. The third-order valence-corrected chi connectivity index (χ3v) is 5.45. The molecule has 0 amide bonds. The summed E-state index contributed by atoms with van der Waals surface area (Å²) in [5.74, 6) is 0. The first-order valence-corrected chi connectivity index (χ1v) is 7.47. The Morgan fingerprint density at radius 1 is 1.21 bits per heavy atom. The zero-order valence-electron chi connectivity index (χ0n) is 8.78. The molecule has 0 spiro atoms. The molecular formula is C11H14N2Sn. The number of para-hydroxylation sites is 1. The number of aromatic nitrogens is 2. The van der Waals surface area contributed by atoms with Crippen LogP contribution in [0.2, 0.25) is 3.43 Å². The third-order valence-electron chi connectivity index (χ3n) is 1.92. The number of hydrogen-bond acceptors (Lipinski definition) is 1. The van der Waals surface area contributed by atoms with Gasteiger partial charge in [-0.2, -0.15) is 0 Å².